The van der Waals surface area contributed by atoms with Crippen LogP contribution in [0.1, 0.15) is 18.1 Å². The largest absolute Gasteiger partial charge is 0.357 e. The van der Waals surface area contributed by atoms with E-state index in [4.69, 9.17) is 4.99 Å². The minimum atomic E-state index is 0.616. The predicted octanol–water partition coefficient (Wildman–Crippen LogP) is 4.00. The van der Waals surface area contributed by atoms with Gasteiger partial charge in [0.2, 0.25) is 0 Å². The standard InChI is InChI=1S/C22H24N4/c1-2-23-22(25-16-18-9-4-3-5-10-18)26-17-19-11-8-12-20(15-19)21-13-6-7-14-24-21/h3-15H,2,16-17H2,1H3,(H2,23,25,26). The van der Waals surface area contributed by atoms with Gasteiger partial charge in [-0.25, -0.2) is 4.99 Å². The van der Waals surface area contributed by atoms with Crippen LogP contribution in [0.3, 0.4) is 0 Å². The lowest BCUT2D eigenvalue weighted by Gasteiger charge is -2.11. The molecule has 4 nitrogen and oxygen atoms in total. The number of guanidine groups is 1. The summed E-state index contributed by atoms with van der Waals surface area (Å²) in [6, 6.07) is 24.7. The van der Waals surface area contributed by atoms with Crippen LogP contribution < -0.4 is 10.6 Å². The van der Waals surface area contributed by atoms with E-state index >= 15 is 0 Å². The summed E-state index contributed by atoms with van der Waals surface area (Å²) in [5.74, 6) is 0.819. The number of aromatic nitrogens is 1. The number of nitrogens with zero attached hydrogens (tertiary/aromatic N) is 2. The van der Waals surface area contributed by atoms with Crippen LogP contribution in [-0.4, -0.2) is 17.5 Å². The van der Waals surface area contributed by atoms with Gasteiger partial charge >= 0.3 is 0 Å². The van der Waals surface area contributed by atoms with Crippen LogP contribution in [0.4, 0.5) is 0 Å². The minimum Gasteiger partial charge on any atom is -0.357 e. The van der Waals surface area contributed by atoms with Crippen LogP contribution in [0.15, 0.2) is 84.0 Å². The van der Waals surface area contributed by atoms with E-state index in [1.54, 1.807) is 0 Å². The van der Waals surface area contributed by atoms with Gasteiger partial charge in [0, 0.05) is 24.8 Å². The van der Waals surface area contributed by atoms with Gasteiger partial charge in [-0.3, -0.25) is 4.98 Å². The minimum absolute atomic E-state index is 0.616. The van der Waals surface area contributed by atoms with E-state index in [1.165, 1.54) is 5.56 Å². The lowest BCUT2D eigenvalue weighted by Crippen LogP contribution is -2.36. The predicted molar refractivity (Wildman–Crippen MR) is 108 cm³/mol. The van der Waals surface area contributed by atoms with Crippen molar-refractivity contribution in [3.63, 3.8) is 0 Å². The summed E-state index contributed by atoms with van der Waals surface area (Å²) >= 11 is 0. The molecule has 0 atom stereocenters. The highest BCUT2D eigenvalue weighted by Crippen LogP contribution is 2.18. The number of aliphatic imine (C=N–C) groups is 1. The van der Waals surface area contributed by atoms with E-state index in [1.807, 2.05) is 42.6 Å². The van der Waals surface area contributed by atoms with E-state index in [9.17, 15) is 0 Å². The molecule has 0 saturated heterocycles. The van der Waals surface area contributed by atoms with Crippen LogP contribution in [0.25, 0.3) is 11.3 Å². The molecule has 0 radical (unpaired) electrons. The molecule has 2 aromatic carbocycles. The molecular formula is C22H24N4. The SMILES string of the molecule is CCNC(=NCc1cccc(-c2ccccn2)c1)NCc1ccccc1. The van der Waals surface area contributed by atoms with Crippen LogP contribution in [0.5, 0.6) is 0 Å². The number of rotatable bonds is 6. The van der Waals surface area contributed by atoms with E-state index < -0.39 is 0 Å². The molecule has 4 heteroatoms. The molecule has 0 amide bonds. The topological polar surface area (TPSA) is 49.3 Å². The Labute approximate surface area is 155 Å². The molecule has 132 valence electrons. The third kappa shape index (κ3) is 5.18. The zero-order chi connectivity index (χ0) is 18.0. The molecule has 26 heavy (non-hydrogen) atoms. The second-order valence-corrected chi connectivity index (χ2v) is 5.95. The van der Waals surface area contributed by atoms with Crippen LogP contribution in [0.2, 0.25) is 0 Å². The van der Waals surface area contributed by atoms with Gasteiger partial charge in [0.25, 0.3) is 0 Å². The Morgan fingerprint density at radius 3 is 2.46 bits per heavy atom. The lowest BCUT2D eigenvalue weighted by molar-refractivity contribution is 0.816. The molecule has 0 aliphatic carbocycles. The van der Waals surface area contributed by atoms with E-state index in [0.29, 0.717) is 6.54 Å². The van der Waals surface area contributed by atoms with Gasteiger partial charge in [-0.15, -0.1) is 0 Å². The molecule has 0 spiro atoms. The fourth-order valence-corrected chi connectivity index (χ4v) is 2.66. The Balaban J connectivity index is 1.67. The first-order chi connectivity index (χ1) is 12.8. The summed E-state index contributed by atoms with van der Waals surface area (Å²) < 4.78 is 0. The Kier molecular flexibility index (Phi) is 6.37. The van der Waals surface area contributed by atoms with E-state index in [2.05, 4.69) is 58.9 Å². The van der Waals surface area contributed by atoms with Crippen LogP contribution in [0, 0.1) is 0 Å². The maximum absolute atomic E-state index is 4.71. The molecular weight excluding hydrogens is 320 g/mol. The van der Waals surface area contributed by atoms with E-state index in [0.717, 1.165) is 35.9 Å². The summed E-state index contributed by atoms with van der Waals surface area (Å²) in [5.41, 5.74) is 4.48. The Morgan fingerprint density at radius 1 is 0.885 bits per heavy atom. The third-order valence-corrected chi connectivity index (χ3v) is 3.95. The van der Waals surface area contributed by atoms with E-state index in [-0.39, 0.29) is 0 Å². The normalized spacial score (nSPS) is 11.2. The summed E-state index contributed by atoms with van der Waals surface area (Å²) in [6.45, 7) is 4.27. The van der Waals surface area contributed by atoms with Gasteiger partial charge in [-0.05, 0) is 36.2 Å². The van der Waals surface area contributed by atoms with Gasteiger partial charge in [-0.2, -0.15) is 0 Å². The highest BCUT2D eigenvalue weighted by molar-refractivity contribution is 5.79. The Morgan fingerprint density at radius 2 is 1.69 bits per heavy atom. The molecule has 0 aliphatic rings. The molecule has 2 N–H and O–H groups in total. The first-order valence-corrected chi connectivity index (χ1v) is 8.91. The number of nitrogens with one attached hydrogen (secondary N) is 2. The molecule has 3 aromatic rings. The quantitative estimate of drug-likeness (QED) is 0.525. The number of benzene rings is 2. The van der Waals surface area contributed by atoms with Crippen molar-refractivity contribution in [2.24, 2.45) is 4.99 Å². The monoisotopic (exact) mass is 344 g/mol. The van der Waals surface area contributed by atoms with Crippen molar-refractivity contribution in [3.8, 4) is 11.3 Å². The molecule has 1 heterocycles. The smallest absolute Gasteiger partial charge is 0.191 e. The summed E-state index contributed by atoms with van der Waals surface area (Å²) in [7, 11) is 0. The van der Waals surface area contributed by atoms with Crippen molar-refractivity contribution in [3.05, 3.63) is 90.1 Å². The van der Waals surface area contributed by atoms with Gasteiger partial charge < -0.3 is 10.6 Å². The lowest BCUT2D eigenvalue weighted by atomic mass is 10.1. The average molecular weight is 344 g/mol. The fraction of sp³-hybridized carbons (Fsp3) is 0.182. The Hall–Kier alpha value is -3.14. The average Bonchev–Trinajstić information content (AvgIpc) is 2.72. The molecule has 0 fully saturated rings. The summed E-state index contributed by atoms with van der Waals surface area (Å²) in [4.78, 5) is 9.12. The van der Waals surface area contributed by atoms with Crippen LogP contribution in [-0.2, 0) is 13.1 Å². The molecule has 3 rings (SSSR count). The number of hydrogen-bond donors (Lipinski definition) is 2. The number of pyridine rings is 1. The van der Waals surface area contributed by atoms with Crippen molar-refractivity contribution in [1.29, 1.82) is 0 Å². The molecule has 0 unspecified atom stereocenters. The van der Waals surface area contributed by atoms with Crippen molar-refractivity contribution in [2.75, 3.05) is 6.54 Å². The van der Waals surface area contributed by atoms with Crippen LogP contribution >= 0.6 is 0 Å². The zero-order valence-electron chi connectivity index (χ0n) is 15.0. The van der Waals surface area contributed by atoms with Crippen molar-refractivity contribution in [2.45, 2.75) is 20.0 Å². The van der Waals surface area contributed by atoms with Gasteiger partial charge in [-0.1, -0.05) is 54.6 Å². The fourth-order valence-electron chi connectivity index (χ4n) is 2.66. The van der Waals surface area contributed by atoms with Gasteiger partial charge in [0.1, 0.15) is 0 Å². The number of hydrogen-bond acceptors (Lipinski definition) is 2. The molecule has 1 aromatic heterocycles. The maximum Gasteiger partial charge on any atom is 0.191 e. The van der Waals surface area contributed by atoms with Crippen molar-refractivity contribution in [1.82, 2.24) is 15.6 Å². The maximum atomic E-state index is 4.71. The zero-order valence-corrected chi connectivity index (χ0v) is 15.0. The molecule has 0 bridgehead atoms. The Bertz CT molecular complexity index is 829. The summed E-state index contributed by atoms with van der Waals surface area (Å²) in [5, 5.41) is 6.68. The highest BCUT2D eigenvalue weighted by Gasteiger charge is 2.01. The molecule has 0 saturated carbocycles. The molecule has 0 aliphatic heterocycles. The first kappa shape index (κ1) is 17.7. The van der Waals surface area contributed by atoms with Gasteiger partial charge in [0.05, 0.1) is 12.2 Å². The van der Waals surface area contributed by atoms with Crippen molar-refractivity contribution >= 4 is 5.96 Å². The second-order valence-electron chi connectivity index (χ2n) is 5.95. The second kappa shape index (κ2) is 9.37. The third-order valence-electron chi connectivity index (χ3n) is 3.95. The van der Waals surface area contributed by atoms with Gasteiger partial charge in [0.15, 0.2) is 5.96 Å². The first-order valence-electron chi connectivity index (χ1n) is 8.91. The van der Waals surface area contributed by atoms with Crippen molar-refractivity contribution < 1.29 is 0 Å². The highest BCUT2D eigenvalue weighted by atomic mass is 15.2. The summed E-state index contributed by atoms with van der Waals surface area (Å²) in [6.07, 6.45) is 1.82.